The first-order valence-corrected chi connectivity index (χ1v) is 9.62. The van der Waals surface area contributed by atoms with E-state index in [0.717, 1.165) is 5.56 Å². The summed E-state index contributed by atoms with van der Waals surface area (Å²) in [7, 11) is 0. The van der Waals surface area contributed by atoms with Gasteiger partial charge in [-0.1, -0.05) is 24.3 Å². The Labute approximate surface area is 167 Å². The summed E-state index contributed by atoms with van der Waals surface area (Å²) in [5, 5.41) is 17.5. The zero-order chi connectivity index (χ0) is 20.4. The first kappa shape index (κ1) is 19.1. The number of para-hydroxylation sites is 1. The summed E-state index contributed by atoms with van der Waals surface area (Å²) >= 11 is 0. The van der Waals surface area contributed by atoms with Gasteiger partial charge in [0, 0.05) is 30.9 Å². The molecule has 1 amide bonds. The summed E-state index contributed by atoms with van der Waals surface area (Å²) in [6, 6.07) is 12.6. The SMILES string of the molecule is CCOCCCN1C(=O)c2[nH]nc(-c3ccccc3O)c2[C@H]1c1ccc(F)cc1. The van der Waals surface area contributed by atoms with E-state index in [2.05, 4.69) is 10.2 Å². The second-order valence-corrected chi connectivity index (χ2v) is 6.88. The first-order valence-electron chi connectivity index (χ1n) is 9.62. The lowest BCUT2D eigenvalue weighted by molar-refractivity contribution is 0.0710. The molecule has 6 nitrogen and oxygen atoms in total. The van der Waals surface area contributed by atoms with E-state index in [1.807, 2.05) is 6.92 Å². The van der Waals surface area contributed by atoms with Crippen molar-refractivity contribution in [1.29, 1.82) is 0 Å². The molecule has 2 heterocycles. The van der Waals surface area contributed by atoms with Crippen LogP contribution in [0.1, 0.15) is 41.0 Å². The molecule has 0 bridgehead atoms. The molecular weight excluding hydrogens is 373 g/mol. The van der Waals surface area contributed by atoms with E-state index in [9.17, 15) is 14.3 Å². The van der Waals surface area contributed by atoms with Crippen LogP contribution >= 0.6 is 0 Å². The van der Waals surface area contributed by atoms with Crippen molar-refractivity contribution in [1.82, 2.24) is 15.1 Å². The number of H-pyrrole nitrogens is 1. The molecule has 2 N–H and O–H groups in total. The number of nitrogens with one attached hydrogen (secondary N) is 1. The van der Waals surface area contributed by atoms with Crippen molar-refractivity contribution in [2.24, 2.45) is 0 Å². The maximum absolute atomic E-state index is 13.5. The lowest BCUT2D eigenvalue weighted by atomic mass is 9.95. The van der Waals surface area contributed by atoms with Gasteiger partial charge in [-0.25, -0.2) is 4.39 Å². The van der Waals surface area contributed by atoms with Gasteiger partial charge < -0.3 is 14.7 Å². The Balaban J connectivity index is 1.78. The summed E-state index contributed by atoms with van der Waals surface area (Å²) in [6.07, 6.45) is 0.681. The molecule has 2 aromatic carbocycles. The van der Waals surface area contributed by atoms with Crippen molar-refractivity contribution in [2.45, 2.75) is 19.4 Å². The predicted molar refractivity (Wildman–Crippen MR) is 106 cm³/mol. The van der Waals surface area contributed by atoms with Gasteiger partial charge in [0.2, 0.25) is 0 Å². The smallest absolute Gasteiger partial charge is 0.273 e. The number of rotatable bonds is 7. The number of halogens is 1. The fraction of sp³-hybridized carbons (Fsp3) is 0.273. The molecule has 0 aliphatic carbocycles. The summed E-state index contributed by atoms with van der Waals surface area (Å²) < 4.78 is 18.9. The maximum atomic E-state index is 13.5. The highest BCUT2D eigenvalue weighted by Crippen LogP contribution is 2.44. The van der Waals surface area contributed by atoms with Gasteiger partial charge >= 0.3 is 0 Å². The van der Waals surface area contributed by atoms with E-state index in [-0.39, 0.29) is 17.5 Å². The van der Waals surface area contributed by atoms with Gasteiger partial charge in [-0.05, 0) is 43.2 Å². The highest BCUT2D eigenvalue weighted by Gasteiger charge is 2.42. The summed E-state index contributed by atoms with van der Waals surface area (Å²) in [5.74, 6) is -0.420. The Hall–Kier alpha value is -3.19. The summed E-state index contributed by atoms with van der Waals surface area (Å²) in [5.41, 5.74) is 2.94. The lowest BCUT2D eigenvalue weighted by Crippen LogP contribution is -2.31. The second kappa shape index (κ2) is 8.05. The number of phenols is 1. The molecule has 150 valence electrons. The Morgan fingerprint density at radius 2 is 1.97 bits per heavy atom. The number of amides is 1. The van der Waals surface area contributed by atoms with Crippen LogP contribution in [-0.4, -0.2) is 45.9 Å². The van der Waals surface area contributed by atoms with Gasteiger partial charge in [-0.3, -0.25) is 9.89 Å². The van der Waals surface area contributed by atoms with Crippen molar-refractivity contribution < 1.29 is 19.0 Å². The molecular formula is C22H22FN3O3. The fourth-order valence-electron chi connectivity index (χ4n) is 3.78. The minimum Gasteiger partial charge on any atom is -0.507 e. The third-order valence-electron chi connectivity index (χ3n) is 5.10. The van der Waals surface area contributed by atoms with Crippen LogP contribution < -0.4 is 0 Å². The molecule has 0 saturated heterocycles. The molecule has 1 atom stereocenters. The molecule has 1 aromatic heterocycles. The van der Waals surface area contributed by atoms with E-state index >= 15 is 0 Å². The molecule has 0 fully saturated rings. The number of hydrogen-bond donors (Lipinski definition) is 2. The van der Waals surface area contributed by atoms with Gasteiger partial charge in [0.05, 0.1) is 6.04 Å². The molecule has 1 aliphatic heterocycles. The molecule has 1 aliphatic rings. The lowest BCUT2D eigenvalue weighted by Gasteiger charge is -2.26. The Morgan fingerprint density at radius 1 is 1.21 bits per heavy atom. The summed E-state index contributed by atoms with van der Waals surface area (Å²) in [4.78, 5) is 14.9. The van der Waals surface area contributed by atoms with Gasteiger partial charge in [0.25, 0.3) is 5.91 Å². The fourth-order valence-corrected chi connectivity index (χ4v) is 3.78. The van der Waals surface area contributed by atoms with Crippen LogP contribution in [0, 0.1) is 5.82 Å². The number of ether oxygens (including phenoxy) is 1. The van der Waals surface area contributed by atoms with Crippen molar-refractivity contribution in [2.75, 3.05) is 19.8 Å². The van der Waals surface area contributed by atoms with Crippen LogP contribution in [-0.2, 0) is 4.74 Å². The van der Waals surface area contributed by atoms with Crippen molar-refractivity contribution >= 4 is 5.91 Å². The van der Waals surface area contributed by atoms with Crippen molar-refractivity contribution in [3.8, 4) is 17.0 Å². The normalized spacial score (nSPS) is 15.7. The van der Waals surface area contributed by atoms with Crippen LogP contribution in [0.5, 0.6) is 5.75 Å². The van der Waals surface area contributed by atoms with Gasteiger partial charge in [-0.15, -0.1) is 0 Å². The average molecular weight is 395 g/mol. The first-order chi connectivity index (χ1) is 14.1. The zero-order valence-electron chi connectivity index (χ0n) is 16.1. The standard InChI is InChI=1S/C22H22FN3O3/c1-2-29-13-5-12-26-21(14-8-10-15(23)11-9-14)18-19(24-25-20(18)22(26)28)16-6-3-4-7-17(16)27/h3-4,6-11,21,27H,2,5,12-13H2,1H3,(H,24,25)/t21-/m1/s1. The molecule has 3 aromatic rings. The number of carbonyl (C=O) groups is 1. The molecule has 29 heavy (non-hydrogen) atoms. The number of phenolic OH excluding ortho intramolecular Hbond substituents is 1. The monoisotopic (exact) mass is 395 g/mol. The van der Waals surface area contributed by atoms with Crippen LogP contribution in [0.4, 0.5) is 4.39 Å². The molecule has 0 unspecified atom stereocenters. The number of aromatic amines is 1. The number of benzene rings is 2. The number of hydrogen-bond acceptors (Lipinski definition) is 4. The van der Waals surface area contributed by atoms with E-state index in [1.165, 1.54) is 12.1 Å². The van der Waals surface area contributed by atoms with E-state index in [4.69, 9.17) is 4.74 Å². The largest absolute Gasteiger partial charge is 0.507 e. The van der Waals surface area contributed by atoms with Crippen LogP contribution in [0.25, 0.3) is 11.3 Å². The van der Waals surface area contributed by atoms with Crippen LogP contribution in [0.2, 0.25) is 0 Å². The quantitative estimate of drug-likeness (QED) is 0.595. The van der Waals surface area contributed by atoms with Crippen LogP contribution in [0.15, 0.2) is 48.5 Å². The molecule has 0 radical (unpaired) electrons. The number of nitrogens with zero attached hydrogens (tertiary/aromatic N) is 2. The topological polar surface area (TPSA) is 78.5 Å². The highest BCUT2D eigenvalue weighted by molar-refractivity contribution is 6.00. The minimum absolute atomic E-state index is 0.0851. The molecule has 4 rings (SSSR count). The van der Waals surface area contributed by atoms with Crippen molar-refractivity contribution in [3.05, 3.63) is 71.2 Å². The number of aromatic nitrogens is 2. The van der Waals surface area contributed by atoms with Crippen molar-refractivity contribution in [3.63, 3.8) is 0 Å². The number of fused-ring (bicyclic) bond motifs is 1. The zero-order valence-corrected chi connectivity index (χ0v) is 16.1. The second-order valence-electron chi connectivity index (χ2n) is 6.88. The third kappa shape index (κ3) is 3.49. The highest BCUT2D eigenvalue weighted by atomic mass is 19.1. The van der Waals surface area contributed by atoms with Gasteiger partial charge in [0.1, 0.15) is 23.0 Å². The Morgan fingerprint density at radius 3 is 2.69 bits per heavy atom. The average Bonchev–Trinajstić information content (AvgIpc) is 3.26. The minimum atomic E-state index is -0.423. The number of aromatic hydroxyl groups is 1. The van der Waals surface area contributed by atoms with E-state index in [0.29, 0.717) is 48.7 Å². The van der Waals surface area contributed by atoms with E-state index in [1.54, 1.807) is 41.3 Å². The van der Waals surface area contributed by atoms with Gasteiger partial charge in [-0.2, -0.15) is 5.10 Å². The molecule has 0 saturated carbocycles. The maximum Gasteiger partial charge on any atom is 0.273 e. The van der Waals surface area contributed by atoms with E-state index < -0.39 is 6.04 Å². The molecule has 7 heteroatoms. The predicted octanol–water partition coefficient (Wildman–Crippen LogP) is 3.89. The van der Waals surface area contributed by atoms with Crippen LogP contribution in [0.3, 0.4) is 0 Å². The Bertz CT molecular complexity index is 1020. The molecule has 0 spiro atoms. The third-order valence-corrected chi connectivity index (χ3v) is 5.10. The van der Waals surface area contributed by atoms with Gasteiger partial charge in [0.15, 0.2) is 0 Å². The summed E-state index contributed by atoms with van der Waals surface area (Å²) in [6.45, 7) is 3.59. The Kier molecular flexibility index (Phi) is 5.31. The number of carbonyl (C=O) groups excluding carboxylic acids is 1.